The first-order chi connectivity index (χ1) is 13.9. The van der Waals surface area contributed by atoms with Gasteiger partial charge in [0.15, 0.2) is 0 Å². The summed E-state index contributed by atoms with van der Waals surface area (Å²) in [5, 5.41) is 0. The predicted molar refractivity (Wildman–Crippen MR) is 114 cm³/mol. The maximum atomic E-state index is 13.3. The van der Waals surface area contributed by atoms with Crippen LogP contribution in [0.5, 0.6) is 0 Å². The van der Waals surface area contributed by atoms with E-state index in [2.05, 4.69) is 11.0 Å². The number of nitrogens with zero attached hydrogens (tertiary/aromatic N) is 3. The van der Waals surface area contributed by atoms with E-state index in [1.807, 2.05) is 26.1 Å². The van der Waals surface area contributed by atoms with Crippen LogP contribution in [0.4, 0.5) is 5.69 Å². The molecule has 29 heavy (non-hydrogen) atoms. The molecule has 154 valence electrons. The van der Waals surface area contributed by atoms with Gasteiger partial charge in [0, 0.05) is 44.0 Å². The van der Waals surface area contributed by atoms with Crippen LogP contribution in [-0.4, -0.2) is 63.3 Å². The molecule has 1 saturated heterocycles. The van der Waals surface area contributed by atoms with Crippen molar-refractivity contribution in [2.24, 2.45) is 0 Å². The first kappa shape index (κ1) is 20.1. The zero-order valence-electron chi connectivity index (χ0n) is 17.0. The molecule has 2 aliphatic rings. The molecule has 1 fully saturated rings. The van der Waals surface area contributed by atoms with Crippen molar-refractivity contribution >= 4 is 21.6 Å². The highest BCUT2D eigenvalue weighted by molar-refractivity contribution is 7.89. The molecule has 7 heteroatoms. The highest BCUT2D eigenvalue weighted by Gasteiger charge is 2.29. The van der Waals surface area contributed by atoms with Gasteiger partial charge in [-0.1, -0.05) is 23.8 Å². The highest BCUT2D eigenvalue weighted by atomic mass is 32.2. The number of likely N-dealkylation sites (N-methyl/N-ethyl adjacent to an activating group) is 1. The van der Waals surface area contributed by atoms with E-state index in [0.717, 1.165) is 18.5 Å². The Balaban J connectivity index is 1.62. The number of carbonyl (C=O) groups is 1. The summed E-state index contributed by atoms with van der Waals surface area (Å²) in [4.78, 5) is 17.3. The second-order valence-electron chi connectivity index (χ2n) is 7.93. The smallest absolute Gasteiger partial charge is 0.258 e. The monoisotopic (exact) mass is 413 g/mol. The summed E-state index contributed by atoms with van der Waals surface area (Å²) in [6.07, 6.45) is 1.86. The number of anilines is 1. The van der Waals surface area contributed by atoms with E-state index in [1.165, 1.54) is 21.5 Å². The molecule has 0 atom stereocenters. The van der Waals surface area contributed by atoms with E-state index < -0.39 is 10.0 Å². The van der Waals surface area contributed by atoms with E-state index in [1.54, 1.807) is 23.1 Å². The second-order valence-corrected chi connectivity index (χ2v) is 9.87. The van der Waals surface area contributed by atoms with Crippen molar-refractivity contribution in [1.82, 2.24) is 9.21 Å². The van der Waals surface area contributed by atoms with E-state index in [-0.39, 0.29) is 10.8 Å². The maximum absolute atomic E-state index is 13.3. The van der Waals surface area contributed by atoms with Gasteiger partial charge in [-0.15, -0.1) is 0 Å². The molecule has 2 aliphatic heterocycles. The minimum absolute atomic E-state index is 0.148. The van der Waals surface area contributed by atoms with Crippen molar-refractivity contribution in [3.63, 3.8) is 0 Å². The zero-order valence-corrected chi connectivity index (χ0v) is 17.8. The van der Waals surface area contributed by atoms with Gasteiger partial charge in [-0.25, -0.2) is 8.42 Å². The molecule has 4 rings (SSSR count). The molecular formula is C22H27N3O3S. The van der Waals surface area contributed by atoms with Crippen LogP contribution in [0.3, 0.4) is 0 Å². The fraction of sp³-hybridized carbons (Fsp3) is 0.409. The lowest BCUT2D eigenvalue weighted by Gasteiger charge is -2.32. The van der Waals surface area contributed by atoms with Crippen molar-refractivity contribution in [3.05, 3.63) is 59.2 Å². The Labute approximate surface area is 172 Å². The van der Waals surface area contributed by atoms with Gasteiger partial charge < -0.3 is 9.80 Å². The Morgan fingerprint density at radius 3 is 2.48 bits per heavy atom. The van der Waals surface area contributed by atoms with Crippen LogP contribution in [0.15, 0.2) is 47.4 Å². The molecule has 0 aromatic heterocycles. The van der Waals surface area contributed by atoms with Crippen LogP contribution in [0, 0.1) is 6.92 Å². The summed E-state index contributed by atoms with van der Waals surface area (Å²) in [6, 6.07) is 12.6. The number of piperazine rings is 1. The summed E-state index contributed by atoms with van der Waals surface area (Å²) in [6.45, 7) is 5.05. The number of carbonyl (C=O) groups excluding carboxylic acids is 1. The Bertz CT molecular complexity index is 1030. The summed E-state index contributed by atoms with van der Waals surface area (Å²) >= 11 is 0. The first-order valence-corrected chi connectivity index (χ1v) is 11.5. The lowest BCUT2D eigenvalue weighted by molar-refractivity contribution is 0.0985. The average molecular weight is 414 g/mol. The largest absolute Gasteiger partial charge is 0.308 e. The molecule has 0 N–H and O–H groups in total. The minimum atomic E-state index is -3.60. The van der Waals surface area contributed by atoms with Gasteiger partial charge in [0.25, 0.3) is 5.91 Å². The molecular weight excluding hydrogens is 386 g/mol. The van der Waals surface area contributed by atoms with Crippen LogP contribution in [0.1, 0.15) is 27.9 Å². The standard InChI is InChI=1S/C22H27N3O3S/c1-17-8-9-21-18(15-17)6-4-10-25(21)22(26)19-5-3-7-20(16-19)29(27,28)24-13-11-23(2)12-14-24/h3,5,7-9,15-16H,4,6,10-14H2,1-2H3. The summed E-state index contributed by atoms with van der Waals surface area (Å²) in [5.41, 5.74) is 3.69. The van der Waals surface area contributed by atoms with E-state index >= 15 is 0 Å². The van der Waals surface area contributed by atoms with Crippen molar-refractivity contribution < 1.29 is 13.2 Å². The van der Waals surface area contributed by atoms with Crippen molar-refractivity contribution in [2.75, 3.05) is 44.7 Å². The number of aryl methyl sites for hydroxylation is 2. The van der Waals surface area contributed by atoms with Gasteiger partial charge in [0.2, 0.25) is 10.0 Å². The number of fused-ring (bicyclic) bond motifs is 1. The third kappa shape index (κ3) is 3.95. The predicted octanol–water partition coefficient (Wildman–Crippen LogP) is 2.52. The van der Waals surface area contributed by atoms with Gasteiger partial charge in [-0.3, -0.25) is 4.79 Å². The normalized spacial score (nSPS) is 18.5. The third-order valence-electron chi connectivity index (χ3n) is 5.78. The molecule has 0 unspecified atom stereocenters. The van der Waals surface area contributed by atoms with Gasteiger partial charge in [-0.05, 0) is 56.6 Å². The Morgan fingerprint density at radius 1 is 0.966 bits per heavy atom. The minimum Gasteiger partial charge on any atom is -0.308 e. The van der Waals surface area contributed by atoms with Gasteiger partial charge >= 0.3 is 0 Å². The zero-order chi connectivity index (χ0) is 20.6. The molecule has 2 aromatic rings. The number of amides is 1. The molecule has 0 aliphatic carbocycles. The fourth-order valence-corrected chi connectivity index (χ4v) is 5.53. The van der Waals surface area contributed by atoms with Crippen LogP contribution in [0.25, 0.3) is 0 Å². The number of hydrogen-bond donors (Lipinski definition) is 0. The van der Waals surface area contributed by atoms with E-state index in [0.29, 0.717) is 38.3 Å². The molecule has 0 bridgehead atoms. The molecule has 0 saturated carbocycles. The van der Waals surface area contributed by atoms with E-state index in [4.69, 9.17) is 0 Å². The summed E-state index contributed by atoms with van der Waals surface area (Å²) in [7, 11) is -1.62. The quantitative estimate of drug-likeness (QED) is 0.776. The molecule has 1 amide bonds. The SMILES string of the molecule is Cc1ccc2c(c1)CCCN2C(=O)c1cccc(S(=O)(=O)N2CCN(C)CC2)c1. The van der Waals surface area contributed by atoms with Gasteiger partial charge in [-0.2, -0.15) is 4.31 Å². The number of rotatable bonds is 3. The molecule has 2 heterocycles. The van der Waals surface area contributed by atoms with Gasteiger partial charge in [0.05, 0.1) is 4.90 Å². The fourth-order valence-electron chi connectivity index (χ4n) is 4.06. The molecule has 6 nitrogen and oxygen atoms in total. The summed E-state index contributed by atoms with van der Waals surface area (Å²) < 4.78 is 27.6. The first-order valence-electron chi connectivity index (χ1n) is 10.1. The topological polar surface area (TPSA) is 60.9 Å². The van der Waals surface area contributed by atoms with Crippen molar-refractivity contribution in [2.45, 2.75) is 24.7 Å². The lowest BCUT2D eigenvalue weighted by atomic mass is 9.99. The number of sulfonamides is 1. The van der Waals surface area contributed by atoms with Crippen LogP contribution < -0.4 is 4.90 Å². The highest BCUT2D eigenvalue weighted by Crippen LogP contribution is 2.30. The summed E-state index contributed by atoms with van der Waals surface area (Å²) in [5.74, 6) is -0.148. The number of benzene rings is 2. The average Bonchev–Trinajstić information content (AvgIpc) is 2.73. The van der Waals surface area contributed by atoms with Crippen LogP contribution >= 0.6 is 0 Å². The molecule has 0 spiro atoms. The third-order valence-corrected chi connectivity index (χ3v) is 7.67. The van der Waals surface area contributed by atoms with Crippen molar-refractivity contribution in [1.29, 1.82) is 0 Å². The van der Waals surface area contributed by atoms with Crippen LogP contribution in [0.2, 0.25) is 0 Å². The molecule has 0 radical (unpaired) electrons. The Morgan fingerprint density at radius 2 is 1.72 bits per heavy atom. The number of hydrogen-bond acceptors (Lipinski definition) is 4. The Kier molecular flexibility index (Phi) is 5.46. The second kappa shape index (κ2) is 7.89. The van der Waals surface area contributed by atoms with Crippen molar-refractivity contribution in [3.8, 4) is 0 Å². The molecule has 2 aromatic carbocycles. The van der Waals surface area contributed by atoms with Gasteiger partial charge in [0.1, 0.15) is 0 Å². The Hall–Kier alpha value is -2.22. The lowest BCUT2D eigenvalue weighted by Crippen LogP contribution is -2.47. The maximum Gasteiger partial charge on any atom is 0.258 e. The van der Waals surface area contributed by atoms with E-state index in [9.17, 15) is 13.2 Å². The van der Waals surface area contributed by atoms with Crippen LogP contribution in [-0.2, 0) is 16.4 Å².